The zero-order chi connectivity index (χ0) is 8.93. The molecule has 0 saturated heterocycles. The third-order valence-corrected chi connectivity index (χ3v) is 1.78. The SMILES string of the molecule is c1cc(CCc2nn[nH]n2)ccn1. The van der Waals surface area contributed by atoms with Crippen LogP contribution in [0.4, 0.5) is 0 Å². The van der Waals surface area contributed by atoms with E-state index < -0.39 is 0 Å². The molecule has 0 aliphatic rings. The largest absolute Gasteiger partial charge is 0.265 e. The number of pyridine rings is 1. The lowest BCUT2D eigenvalue weighted by molar-refractivity contribution is 0.862. The van der Waals surface area contributed by atoms with Crippen molar-refractivity contribution >= 4 is 0 Å². The first-order valence-electron chi connectivity index (χ1n) is 4.06. The topological polar surface area (TPSA) is 67.3 Å². The summed E-state index contributed by atoms with van der Waals surface area (Å²) in [7, 11) is 0. The first-order chi connectivity index (χ1) is 6.45. The van der Waals surface area contributed by atoms with E-state index in [0.29, 0.717) is 0 Å². The van der Waals surface area contributed by atoms with Gasteiger partial charge in [-0.15, -0.1) is 10.2 Å². The molecule has 0 atom stereocenters. The van der Waals surface area contributed by atoms with E-state index in [2.05, 4.69) is 25.6 Å². The molecule has 0 unspecified atom stereocenters. The normalized spacial score (nSPS) is 10.2. The van der Waals surface area contributed by atoms with E-state index in [1.165, 1.54) is 5.56 Å². The Balaban J connectivity index is 1.94. The molecule has 1 N–H and O–H groups in total. The van der Waals surface area contributed by atoms with Crippen molar-refractivity contribution in [1.82, 2.24) is 25.6 Å². The second-order valence-electron chi connectivity index (χ2n) is 2.68. The molecule has 0 saturated carbocycles. The second-order valence-corrected chi connectivity index (χ2v) is 2.68. The van der Waals surface area contributed by atoms with Crippen LogP contribution in [0.3, 0.4) is 0 Å². The maximum atomic E-state index is 3.94. The van der Waals surface area contributed by atoms with Crippen molar-refractivity contribution in [3.8, 4) is 0 Å². The van der Waals surface area contributed by atoms with Crippen LogP contribution in [0.25, 0.3) is 0 Å². The van der Waals surface area contributed by atoms with Crippen molar-refractivity contribution in [2.45, 2.75) is 12.8 Å². The summed E-state index contributed by atoms with van der Waals surface area (Å²) in [6, 6.07) is 3.97. The third kappa shape index (κ3) is 2.08. The van der Waals surface area contributed by atoms with Crippen LogP contribution in [0, 0.1) is 0 Å². The summed E-state index contributed by atoms with van der Waals surface area (Å²) >= 11 is 0. The van der Waals surface area contributed by atoms with E-state index in [9.17, 15) is 0 Å². The molecule has 2 aromatic heterocycles. The Labute approximate surface area is 75.2 Å². The van der Waals surface area contributed by atoms with Gasteiger partial charge in [0.15, 0.2) is 5.82 Å². The number of aromatic amines is 1. The van der Waals surface area contributed by atoms with Crippen molar-refractivity contribution in [3.05, 3.63) is 35.9 Å². The maximum Gasteiger partial charge on any atom is 0.174 e. The van der Waals surface area contributed by atoms with Crippen molar-refractivity contribution < 1.29 is 0 Å². The van der Waals surface area contributed by atoms with Crippen molar-refractivity contribution in [1.29, 1.82) is 0 Å². The van der Waals surface area contributed by atoms with Gasteiger partial charge >= 0.3 is 0 Å². The first-order valence-corrected chi connectivity index (χ1v) is 4.06. The minimum absolute atomic E-state index is 0.747. The molecular formula is C8H9N5. The summed E-state index contributed by atoms with van der Waals surface area (Å²) in [6.07, 6.45) is 5.29. The van der Waals surface area contributed by atoms with Gasteiger partial charge in [-0.3, -0.25) is 4.98 Å². The van der Waals surface area contributed by atoms with E-state index in [4.69, 9.17) is 0 Å². The molecule has 0 aliphatic heterocycles. The highest BCUT2D eigenvalue weighted by Crippen LogP contribution is 2.00. The quantitative estimate of drug-likeness (QED) is 0.732. The average Bonchev–Trinajstić information content (AvgIpc) is 2.69. The molecule has 0 bridgehead atoms. The molecule has 0 aromatic carbocycles. The monoisotopic (exact) mass is 175 g/mol. The van der Waals surface area contributed by atoms with E-state index in [0.717, 1.165) is 18.7 Å². The number of tetrazole rings is 1. The fourth-order valence-corrected chi connectivity index (χ4v) is 1.09. The Morgan fingerprint density at radius 2 is 2.00 bits per heavy atom. The minimum Gasteiger partial charge on any atom is -0.265 e. The Hall–Kier alpha value is -1.78. The summed E-state index contributed by atoms with van der Waals surface area (Å²) < 4.78 is 0. The van der Waals surface area contributed by atoms with Crippen LogP contribution in [-0.4, -0.2) is 25.6 Å². The van der Waals surface area contributed by atoms with Crippen LogP contribution in [0.2, 0.25) is 0 Å². The summed E-state index contributed by atoms with van der Waals surface area (Å²) in [6.45, 7) is 0. The predicted molar refractivity (Wildman–Crippen MR) is 45.8 cm³/mol. The van der Waals surface area contributed by atoms with Gasteiger partial charge in [-0.1, -0.05) is 5.21 Å². The molecule has 2 rings (SSSR count). The number of nitrogens with one attached hydrogen (secondary N) is 1. The molecule has 5 nitrogen and oxygen atoms in total. The Morgan fingerprint density at radius 1 is 1.15 bits per heavy atom. The fourth-order valence-electron chi connectivity index (χ4n) is 1.09. The van der Waals surface area contributed by atoms with Gasteiger partial charge in [-0.25, -0.2) is 0 Å². The number of H-pyrrole nitrogens is 1. The highest BCUT2D eigenvalue weighted by atomic mass is 15.5. The van der Waals surface area contributed by atoms with Crippen LogP contribution in [0.1, 0.15) is 11.4 Å². The fraction of sp³-hybridized carbons (Fsp3) is 0.250. The number of nitrogens with zero attached hydrogens (tertiary/aromatic N) is 4. The number of hydrogen-bond donors (Lipinski definition) is 1. The maximum absolute atomic E-state index is 3.94. The van der Waals surface area contributed by atoms with Crippen LogP contribution >= 0.6 is 0 Å². The van der Waals surface area contributed by atoms with E-state index >= 15 is 0 Å². The van der Waals surface area contributed by atoms with Crippen molar-refractivity contribution in [2.75, 3.05) is 0 Å². The summed E-state index contributed by atoms with van der Waals surface area (Å²) in [5, 5.41) is 13.6. The molecule has 0 radical (unpaired) electrons. The third-order valence-electron chi connectivity index (χ3n) is 1.78. The van der Waals surface area contributed by atoms with Gasteiger partial charge in [0.05, 0.1) is 0 Å². The summed E-state index contributed by atoms with van der Waals surface area (Å²) in [5.74, 6) is 0.747. The smallest absolute Gasteiger partial charge is 0.174 e. The molecule has 0 fully saturated rings. The summed E-state index contributed by atoms with van der Waals surface area (Å²) in [5.41, 5.74) is 1.24. The number of aromatic nitrogens is 5. The van der Waals surface area contributed by atoms with Crippen LogP contribution < -0.4 is 0 Å². The van der Waals surface area contributed by atoms with Gasteiger partial charge in [-0.05, 0) is 24.1 Å². The average molecular weight is 175 g/mol. The Bertz CT molecular complexity index is 342. The molecule has 0 amide bonds. The van der Waals surface area contributed by atoms with Gasteiger partial charge in [-0.2, -0.15) is 5.21 Å². The predicted octanol–water partition coefficient (Wildman–Crippen LogP) is 0.380. The van der Waals surface area contributed by atoms with Gasteiger partial charge in [0.2, 0.25) is 0 Å². The first kappa shape index (κ1) is 7.85. The molecule has 0 spiro atoms. The Kier molecular flexibility index (Phi) is 2.26. The Morgan fingerprint density at radius 3 is 2.69 bits per heavy atom. The van der Waals surface area contributed by atoms with Crippen molar-refractivity contribution in [2.24, 2.45) is 0 Å². The molecule has 2 heterocycles. The molecule has 66 valence electrons. The number of hydrogen-bond acceptors (Lipinski definition) is 4. The van der Waals surface area contributed by atoms with Crippen LogP contribution in [-0.2, 0) is 12.8 Å². The van der Waals surface area contributed by atoms with Gasteiger partial charge in [0.25, 0.3) is 0 Å². The van der Waals surface area contributed by atoms with Crippen molar-refractivity contribution in [3.63, 3.8) is 0 Å². The van der Waals surface area contributed by atoms with Gasteiger partial charge in [0, 0.05) is 18.8 Å². The van der Waals surface area contributed by atoms with E-state index in [1.807, 2.05) is 12.1 Å². The molecule has 13 heavy (non-hydrogen) atoms. The van der Waals surface area contributed by atoms with E-state index in [-0.39, 0.29) is 0 Å². The minimum atomic E-state index is 0.747. The molecule has 2 aromatic rings. The standard InChI is InChI=1S/C8H9N5/c1(2-8-10-12-13-11-8)7-3-5-9-6-4-7/h3-6H,1-2H2,(H,10,11,12,13). The van der Waals surface area contributed by atoms with Crippen LogP contribution in [0.5, 0.6) is 0 Å². The number of rotatable bonds is 3. The molecule has 0 aliphatic carbocycles. The lowest BCUT2D eigenvalue weighted by Crippen LogP contribution is -1.93. The summed E-state index contributed by atoms with van der Waals surface area (Å²) in [4.78, 5) is 3.94. The highest BCUT2D eigenvalue weighted by molar-refractivity contribution is 5.10. The molecule has 5 heteroatoms. The number of aryl methyl sites for hydroxylation is 2. The lowest BCUT2D eigenvalue weighted by atomic mass is 10.1. The van der Waals surface area contributed by atoms with E-state index in [1.54, 1.807) is 12.4 Å². The zero-order valence-electron chi connectivity index (χ0n) is 7.01. The van der Waals surface area contributed by atoms with Gasteiger partial charge < -0.3 is 0 Å². The van der Waals surface area contributed by atoms with Gasteiger partial charge in [0.1, 0.15) is 0 Å². The highest BCUT2D eigenvalue weighted by Gasteiger charge is 1.98. The zero-order valence-corrected chi connectivity index (χ0v) is 7.01. The lowest BCUT2D eigenvalue weighted by Gasteiger charge is -1.95. The van der Waals surface area contributed by atoms with Crippen LogP contribution in [0.15, 0.2) is 24.5 Å². The second kappa shape index (κ2) is 3.75. The molecular weight excluding hydrogens is 166 g/mol.